The molecule has 2 fully saturated rings. The van der Waals surface area contributed by atoms with E-state index in [0.717, 1.165) is 45.6 Å². The van der Waals surface area contributed by atoms with E-state index in [1.165, 1.54) is 4.88 Å². The van der Waals surface area contributed by atoms with Crippen molar-refractivity contribution in [3.8, 4) is 0 Å². The summed E-state index contributed by atoms with van der Waals surface area (Å²) in [7, 11) is 0. The summed E-state index contributed by atoms with van der Waals surface area (Å²) in [5.74, 6) is 0.0250. The lowest BCUT2D eigenvalue weighted by atomic mass is 10.1. The zero-order valence-corrected chi connectivity index (χ0v) is 16.0. The van der Waals surface area contributed by atoms with Gasteiger partial charge in [0.05, 0.1) is 0 Å². The molecule has 1 aliphatic carbocycles. The maximum atomic E-state index is 12.8. The third kappa shape index (κ3) is 4.87. The zero-order chi connectivity index (χ0) is 18.6. The van der Waals surface area contributed by atoms with Crippen molar-refractivity contribution < 1.29 is 9.59 Å². The van der Waals surface area contributed by atoms with Gasteiger partial charge in [0.1, 0.15) is 0 Å². The number of nitrogens with one attached hydrogen (secondary N) is 2. The van der Waals surface area contributed by atoms with E-state index in [0.29, 0.717) is 17.3 Å². The van der Waals surface area contributed by atoms with Crippen LogP contribution in [-0.2, 0) is 6.54 Å². The van der Waals surface area contributed by atoms with Crippen molar-refractivity contribution in [2.75, 3.05) is 31.5 Å². The van der Waals surface area contributed by atoms with E-state index in [-0.39, 0.29) is 11.9 Å². The van der Waals surface area contributed by atoms with Crippen molar-refractivity contribution in [3.05, 3.63) is 52.2 Å². The highest BCUT2D eigenvalue weighted by Gasteiger charge is 2.24. The number of rotatable bonds is 5. The summed E-state index contributed by atoms with van der Waals surface area (Å²) in [4.78, 5) is 30.4. The van der Waals surface area contributed by atoms with Gasteiger partial charge in [0, 0.05) is 54.9 Å². The molecule has 4 rings (SSSR count). The van der Waals surface area contributed by atoms with Crippen molar-refractivity contribution in [2.45, 2.75) is 25.4 Å². The molecule has 27 heavy (non-hydrogen) atoms. The predicted octanol–water partition coefficient (Wildman–Crippen LogP) is 2.99. The number of hydrogen-bond donors (Lipinski definition) is 2. The van der Waals surface area contributed by atoms with Gasteiger partial charge in [-0.3, -0.25) is 9.69 Å². The fourth-order valence-corrected chi connectivity index (χ4v) is 3.97. The maximum absolute atomic E-state index is 12.8. The first-order valence-electron chi connectivity index (χ1n) is 9.39. The number of piperazine rings is 1. The molecule has 1 saturated heterocycles. The summed E-state index contributed by atoms with van der Waals surface area (Å²) in [6.45, 7) is 4.17. The van der Waals surface area contributed by atoms with Crippen molar-refractivity contribution in [2.24, 2.45) is 0 Å². The smallest absolute Gasteiger partial charge is 0.319 e. The fraction of sp³-hybridized carbons (Fsp3) is 0.400. The Balaban J connectivity index is 1.31. The summed E-state index contributed by atoms with van der Waals surface area (Å²) >= 11 is 1.77. The Labute approximate surface area is 163 Å². The molecule has 0 atom stereocenters. The quantitative estimate of drug-likeness (QED) is 0.833. The summed E-state index contributed by atoms with van der Waals surface area (Å²) in [6.07, 6.45) is 2.09. The van der Waals surface area contributed by atoms with E-state index in [1.807, 2.05) is 23.1 Å². The first-order valence-corrected chi connectivity index (χ1v) is 10.3. The lowest BCUT2D eigenvalue weighted by Crippen LogP contribution is -2.48. The molecule has 142 valence electrons. The molecule has 6 nitrogen and oxygen atoms in total. The minimum atomic E-state index is -0.204. The van der Waals surface area contributed by atoms with Gasteiger partial charge in [0.25, 0.3) is 5.91 Å². The topological polar surface area (TPSA) is 64.7 Å². The molecule has 0 bridgehead atoms. The number of nitrogens with zero attached hydrogens (tertiary/aromatic N) is 2. The maximum Gasteiger partial charge on any atom is 0.319 e. The van der Waals surface area contributed by atoms with Gasteiger partial charge in [0.15, 0.2) is 0 Å². The van der Waals surface area contributed by atoms with E-state index in [2.05, 4.69) is 33.0 Å². The molecule has 1 saturated carbocycles. The normalized spacial score (nSPS) is 17.6. The van der Waals surface area contributed by atoms with Crippen LogP contribution in [0.5, 0.6) is 0 Å². The number of amides is 3. The van der Waals surface area contributed by atoms with Gasteiger partial charge >= 0.3 is 6.03 Å². The fourth-order valence-electron chi connectivity index (χ4n) is 3.22. The molecule has 2 aliphatic rings. The van der Waals surface area contributed by atoms with Crippen molar-refractivity contribution in [1.82, 2.24) is 15.1 Å². The van der Waals surface area contributed by atoms with Gasteiger partial charge in [-0.05, 0) is 42.5 Å². The summed E-state index contributed by atoms with van der Waals surface area (Å²) in [5.41, 5.74) is 1.27. The Bertz CT molecular complexity index is 796. The first-order chi connectivity index (χ1) is 13.2. The van der Waals surface area contributed by atoms with Crippen LogP contribution in [0.3, 0.4) is 0 Å². The molecule has 2 N–H and O–H groups in total. The molecule has 1 aliphatic heterocycles. The van der Waals surface area contributed by atoms with Crippen LogP contribution in [0.1, 0.15) is 28.1 Å². The highest BCUT2D eigenvalue weighted by atomic mass is 32.1. The molecule has 2 aromatic rings. The number of urea groups is 1. The minimum absolute atomic E-state index is 0.0250. The number of anilines is 1. The van der Waals surface area contributed by atoms with Crippen LogP contribution in [0.15, 0.2) is 41.8 Å². The molecule has 7 heteroatoms. The Morgan fingerprint density at radius 3 is 2.59 bits per heavy atom. The highest BCUT2D eigenvalue weighted by Crippen LogP contribution is 2.20. The monoisotopic (exact) mass is 384 g/mol. The van der Waals surface area contributed by atoms with Gasteiger partial charge < -0.3 is 15.5 Å². The SMILES string of the molecule is O=C(Nc1cccc(C(=O)N2CCN(Cc3cccs3)CC2)c1)NC1CC1. The molecule has 0 spiro atoms. The van der Waals surface area contributed by atoms with Crippen LogP contribution in [0.4, 0.5) is 10.5 Å². The van der Waals surface area contributed by atoms with Crippen LogP contribution in [0, 0.1) is 0 Å². The number of carbonyl (C=O) groups is 2. The second kappa shape index (κ2) is 8.10. The number of benzene rings is 1. The van der Waals surface area contributed by atoms with E-state index in [9.17, 15) is 9.59 Å². The summed E-state index contributed by atoms with van der Waals surface area (Å²) in [6, 6.07) is 11.5. The molecule has 1 aromatic heterocycles. The van der Waals surface area contributed by atoms with Crippen molar-refractivity contribution in [3.63, 3.8) is 0 Å². The van der Waals surface area contributed by atoms with Gasteiger partial charge in [-0.15, -0.1) is 11.3 Å². The van der Waals surface area contributed by atoms with Crippen LogP contribution in [0.25, 0.3) is 0 Å². The molecular formula is C20H24N4O2S. The van der Waals surface area contributed by atoms with Crippen LogP contribution in [-0.4, -0.2) is 54.0 Å². The third-order valence-electron chi connectivity index (χ3n) is 4.90. The zero-order valence-electron chi connectivity index (χ0n) is 15.2. The Morgan fingerprint density at radius 2 is 1.89 bits per heavy atom. The molecule has 3 amide bonds. The molecule has 0 radical (unpaired) electrons. The standard InChI is InChI=1S/C20H24N4O2S/c25-19(24-10-8-23(9-11-24)14-18-5-2-12-27-18)15-3-1-4-17(13-15)22-20(26)21-16-6-7-16/h1-5,12-13,16H,6-11,14H2,(H2,21,22,26). The first kappa shape index (κ1) is 18.0. The van der Waals surface area contributed by atoms with Crippen molar-refractivity contribution in [1.29, 1.82) is 0 Å². The number of carbonyl (C=O) groups excluding carboxylic acids is 2. The van der Waals surface area contributed by atoms with E-state index in [1.54, 1.807) is 17.4 Å². The Morgan fingerprint density at radius 1 is 1.07 bits per heavy atom. The van der Waals surface area contributed by atoms with E-state index in [4.69, 9.17) is 0 Å². The van der Waals surface area contributed by atoms with Crippen LogP contribution in [0.2, 0.25) is 0 Å². The van der Waals surface area contributed by atoms with Crippen LogP contribution >= 0.6 is 11.3 Å². The molecule has 0 unspecified atom stereocenters. The molecule has 1 aromatic carbocycles. The third-order valence-corrected chi connectivity index (χ3v) is 5.76. The van der Waals surface area contributed by atoms with Gasteiger partial charge in [-0.1, -0.05) is 12.1 Å². The summed E-state index contributed by atoms with van der Waals surface area (Å²) in [5, 5.41) is 7.80. The van der Waals surface area contributed by atoms with E-state index >= 15 is 0 Å². The Kier molecular flexibility index (Phi) is 5.40. The van der Waals surface area contributed by atoms with Crippen LogP contribution < -0.4 is 10.6 Å². The van der Waals surface area contributed by atoms with Gasteiger partial charge in [0.2, 0.25) is 0 Å². The second-order valence-electron chi connectivity index (χ2n) is 7.10. The lowest BCUT2D eigenvalue weighted by Gasteiger charge is -2.34. The number of hydrogen-bond acceptors (Lipinski definition) is 4. The second-order valence-corrected chi connectivity index (χ2v) is 8.13. The average Bonchev–Trinajstić information content (AvgIpc) is 3.34. The molecular weight excluding hydrogens is 360 g/mol. The lowest BCUT2D eigenvalue weighted by molar-refractivity contribution is 0.0629. The van der Waals surface area contributed by atoms with Crippen molar-refractivity contribution >= 4 is 29.0 Å². The largest absolute Gasteiger partial charge is 0.336 e. The average molecular weight is 385 g/mol. The minimum Gasteiger partial charge on any atom is -0.336 e. The Hall–Kier alpha value is -2.38. The highest BCUT2D eigenvalue weighted by molar-refractivity contribution is 7.09. The van der Waals surface area contributed by atoms with E-state index < -0.39 is 0 Å². The van der Waals surface area contributed by atoms with Gasteiger partial charge in [-0.25, -0.2) is 4.79 Å². The molecule has 2 heterocycles. The predicted molar refractivity (Wildman–Crippen MR) is 107 cm³/mol. The van der Waals surface area contributed by atoms with Gasteiger partial charge in [-0.2, -0.15) is 0 Å². The summed E-state index contributed by atoms with van der Waals surface area (Å²) < 4.78 is 0. The number of thiophene rings is 1.